The topological polar surface area (TPSA) is 71.1 Å². The molecule has 2 rings (SSSR count). The smallest absolute Gasteiger partial charge is 0.344 e. The van der Waals surface area contributed by atoms with Crippen molar-refractivity contribution in [1.82, 2.24) is 0 Å². The fraction of sp³-hybridized carbons (Fsp3) is 0.619. The van der Waals surface area contributed by atoms with Crippen molar-refractivity contribution in [2.24, 2.45) is 17.8 Å². The summed E-state index contributed by atoms with van der Waals surface area (Å²) in [5.41, 5.74) is 0. The van der Waals surface area contributed by atoms with Crippen LogP contribution >= 0.6 is 0 Å². The molecule has 0 aromatic heterocycles. The van der Waals surface area contributed by atoms with Crippen LogP contribution in [-0.4, -0.2) is 38.4 Å². The van der Waals surface area contributed by atoms with Crippen LogP contribution in [-0.2, 0) is 19.1 Å². The molecule has 0 unspecified atom stereocenters. The third-order valence-corrected chi connectivity index (χ3v) is 5.01. The third kappa shape index (κ3) is 6.77. The van der Waals surface area contributed by atoms with Crippen molar-refractivity contribution in [2.75, 3.05) is 20.3 Å². The van der Waals surface area contributed by atoms with Crippen LogP contribution in [0.3, 0.4) is 0 Å². The summed E-state index contributed by atoms with van der Waals surface area (Å²) in [6.07, 6.45) is 2.99. The van der Waals surface area contributed by atoms with E-state index in [1.165, 1.54) is 0 Å². The van der Waals surface area contributed by atoms with E-state index < -0.39 is 11.9 Å². The standard InChI is InChI=1S/C21H30O6/c1-14(2)18-10-5-15(3)11-19(18)27-21(23)13-26-20(22)12-25-17-8-6-16(24-4)7-9-17/h6-9,14-15,18-19H,5,10-13H2,1-4H3/t15-,18-,19+/m0/s1. The maximum atomic E-state index is 12.1. The summed E-state index contributed by atoms with van der Waals surface area (Å²) in [7, 11) is 1.57. The zero-order chi connectivity index (χ0) is 19.8. The van der Waals surface area contributed by atoms with Gasteiger partial charge < -0.3 is 18.9 Å². The molecule has 0 aliphatic heterocycles. The average Bonchev–Trinajstić information content (AvgIpc) is 2.65. The summed E-state index contributed by atoms with van der Waals surface area (Å²) >= 11 is 0. The molecule has 0 heterocycles. The predicted molar refractivity (Wildman–Crippen MR) is 101 cm³/mol. The Hall–Kier alpha value is -2.24. The molecule has 6 heteroatoms. The van der Waals surface area contributed by atoms with Gasteiger partial charge in [-0.2, -0.15) is 0 Å². The van der Waals surface area contributed by atoms with Crippen molar-refractivity contribution in [3.63, 3.8) is 0 Å². The van der Waals surface area contributed by atoms with Crippen LogP contribution in [0.2, 0.25) is 0 Å². The highest BCUT2D eigenvalue weighted by molar-refractivity contribution is 5.77. The minimum atomic E-state index is -0.611. The van der Waals surface area contributed by atoms with E-state index >= 15 is 0 Å². The molecule has 0 bridgehead atoms. The number of carbonyl (C=O) groups is 2. The fourth-order valence-electron chi connectivity index (χ4n) is 3.45. The van der Waals surface area contributed by atoms with Crippen LogP contribution in [0.5, 0.6) is 11.5 Å². The van der Waals surface area contributed by atoms with Gasteiger partial charge in [0, 0.05) is 0 Å². The lowest BCUT2D eigenvalue weighted by Gasteiger charge is -2.36. The van der Waals surface area contributed by atoms with Crippen LogP contribution in [0.4, 0.5) is 0 Å². The van der Waals surface area contributed by atoms with E-state index in [2.05, 4.69) is 20.8 Å². The summed E-state index contributed by atoms with van der Waals surface area (Å²) in [6.45, 7) is 5.82. The van der Waals surface area contributed by atoms with E-state index in [9.17, 15) is 9.59 Å². The van der Waals surface area contributed by atoms with Gasteiger partial charge in [-0.1, -0.05) is 27.2 Å². The summed E-state index contributed by atoms with van der Waals surface area (Å²) in [4.78, 5) is 23.9. The number of esters is 2. The number of ether oxygens (including phenoxy) is 4. The highest BCUT2D eigenvalue weighted by Crippen LogP contribution is 2.35. The van der Waals surface area contributed by atoms with Gasteiger partial charge in [-0.15, -0.1) is 0 Å². The predicted octanol–water partition coefficient (Wildman–Crippen LogP) is 3.62. The maximum Gasteiger partial charge on any atom is 0.344 e. The number of rotatable bonds is 8. The normalized spacial score (nSPS) is 22.2. The third-order valence-electron chi connectivity index (χ3n) is 5.01. The fourth-order valence-corrected chi connectivity index (χ4v) is 3.45. The van der Waals surface area contributed by atoms with Crippen molar-refractivity contribution < 1.29 is 28.5 Å². The Labute approximate surface area is 161 Å². The molecule has 0 N–H and O–H groups in total. The zero-order valence-electron chi connectivity index (χ0n) is 16.6. The lowest BCUT2D eigenvalue weighted by atomic mass is 9.75. The lowest BCUT2D eigenvalue weighted by Crippen LogP contribution is -2.37. The van der Waals surface area contributed by atoms with Crippen molar-refractivity contribution in [3.8, 4) is 11.5 Å². The van der Waals surface area contributed by atoms with Gasteiger partial charge in [0.1, 0.15) is 17.6 Å². The Morgan fingerprint density at radius 2 is 1.70 bits per heavy atom. The molecule has 0 saturated heterocycles. The number of hydrogen-bond acceptors (Lipinski definition) is 6. The Morgan fingerprint density at radius 1 is 1.04 bits per heavy atom. The van der Waals surface area contributed by atoms with E-state index in [1.54, 1.807) is 31.4 Å². The first-order valence-electron chi connectivity index (χ1n) is 9.51. The second kappa shape index (κ2) is 10.2. The molecule has 1 aromatic rings. The summed E-state index contributed by atoms with van der Waals surface area (Å²) in [5, 5.41) is 0. The van der Waals surface area contributed by atoms with Gasteiger partial charge in [0.15, 0.2) is 13.2 Å². The molecule has 0 radical (unpaired) electrons. The van der Waals surface area contributed by atoms with E-state index in [1.807, 2.05) is 0 Å². The van der Waals surface area contributed by atoms with E-state index in [4.69, 9.17) is 18.9 Å². The Balaban J connectivity index is 1.72. The monoisotopic (exact) mass is 378 g/mol. The molecule has 1 fully saturated rings. The first kappa shape index (κ1) is 21.1. The number of methoxy groups -OCH3 is 1. The highest BCUT2D eigenvalue weighted by Gasteiger charge is 2.33. The van der Waals surface area contributed by atoms with Crippen molar-refractivity contribution in [1.29, 1.82) is 0 Å². The maximum absolute atomic E-state index is 12.1. The molecule has 0 spiro atoms. The Bertz CT molecular complexity index is 610. The first-order valence-corrected chi connectivity index (χ1v) is 9.51. The molecule has 0 amide bonds. The molecule has 3 atom stereocenters. The van der Waals surface area contributed by atoms with Gasteiger partial charge in [-0.25, -0.2) is 9.59 Å². The second-order valence-electron chi connectivity index (χ2n) is 7.48. The Morgan fingerprint density at radius 3 is 2.33 bits per heavy atom. The minimum absolute atomic E-state index is 0.101. The van der Waals surface area contributed by atoms with E-state index in [-0.39, 0.29) is 19.3 Å². The first-order chi connectivity index (χ1) is 12.9. The number of hydrogen-bond donors (Lipinski definition) is 0. The van der Waals surface area contributed by atoms with Crippen molar-refractivity contribution in [3.05, 3.63) is 24.3 Å². The minimum Gasteiger partial charge on any atom is -0.497 e. The molecule has 27 heavy (non-hydrogen) atoms. The van der Waals surface area contributed by atoms with Crippen LogP contribution in [0.15, 0.2) is 24.3 Å². The molecule has 6 nitrogen and oxygen atoms in total. The molecular formula is C21H30O6. The van der Waals surface area contributed by atoms with Gasteiger partial charge in [0.25, 0.3) is 0 Å². The second-order valence-corrected chi connectivity index (χ2v) is 7.48. The molecule has 1 aliphatic rings. The van der Waals surface area contributed by atoms with E-state index in [0.717, 1.165) is 19.3 Å². The zero-order valence-corrected chi connectivity index (χ0v) is 16.6. The van der Waals surface area contributed by atoms with Gasteiger partial charge in [-0.05, 0) is 54.9 Å². The average molecular weight is 378 g/mol. The molecular weight excluding hydrogens is 348 g/mol. The van der Waals surface area contributed by atoms with E-state index in [0.29, 0.717) is 29.3 Å². The summed E-state index contributed by atoms with van der Waals surface area (Å²) in [5.74, 6) is 1.46. The highest BCUT2D eigenvalue weighted by atomic mass is 16.6. The molecule has 1 aliphatic carbocycles. The summed E-state index contributed by atoms with van der Waals surface area (Å²) < 4.78 is 21.0. The molecule has 1 aromatic carbocycles. The summed E-state index contributed by atoms with van der Waals surface area (Å²) in [6, 6.07) is 6.84. The molecule has 1 saturated carbocycles. The number of benzene rings is 1. The van der Waals surface area contributed by atoms with Crippen LogP contribution in [0.1, 0.15) is 40.0 Å². The largest absolute Gasteiger partial charge is 0.497 e. The van der Waals surface area contributed by atoms with Crippen molar-refractivity contribution >= 4 is 11.9 Å². The number of carbonyl (C=O) groups excluding carboxylic acids is 2. The van der Waals surface area contributed by atoms with Crippen molar-refractivity contribution in [2.45, 2.75) is 46.1 Å². The van der Waals surface area contributed by atoms with Gasteiger partial charge in [-0.3, -0.25) is 0 Å². The van der Waals surface area contributed by atoms with Gasteiger partial charge in [0.05, 0.1) is 7.11 Å². The quantitative estimate of drug-likeness (QED) is 0.644. The van der Waals surface area contributed by atoms with Gasteiger partial charge in [0.2, 0.25) is 0 Å². The van der Waals surface area contributed by atoms with Gasteiger partial charge >= 0.3 is 11.9 Å². The lowest BCUT2D eigenvalue weighted by molar-refractivity contribution is -0.167. The Kier molecular flexibility index (Phi) is 7.95. The molecule has 150 valence electrons. The van der Waals surface area contributed by atoms with Crippen LogP contribution in [0, 0.1) is 17.8 Å². The van der Waals surface area contributed by atoms with Crippen LogP contribution < -0.4 is 9.47 Å². The van der Waals surface area contributed by atoms with Crippen LogP contribution in [0.25, 0.3) is 0 Å². The SMILES string of the molecule is COc1ccc(OCC(=O)OCC(=O)O[C@@H]2C[C@@H](C)CC[C@H]2C(C)C)cc1.